The van der Waals surface area contributed by atoms with Gasteiger partial charge in [-0.25, -0.2) is 4.98 Å². The van der Waals surface area contributed by atoms with Crippen LogP contribution in [-0.4, -0.2) is 61.0 Å². The molecule has 0 aliphatic carbocycles. The monoisotopic (exact) mass is 474 g/mol. The Morgan fingerprint density at radius 3 is 2.74 bits per heavy atom. The zero-order valence-electron chi connectivity index (χ0n) is 21.1. The summed E-state index contributed by atoms with van der Waals surface area (Å²) < 4.78 is 14.6. The van der Waals surface area contributed by atoms with Crippen molar-refractivity contribution in [2.75, 3.05) is 40.4 Å². The van der Waals surface area contributed by atoms with Crippen molar-refractivity contribution in [2.45, 2.75) is 50.9 Å². The summed E-state index contributed by atoms with van der Waals surface area (Å²) in [6, 6.07) is 16.7. The zero-order valence-corrected chi connectivity index (χ0v) is 21.1. The van der Waals surface area contributed by atoms with Crippen LogP contribution in [0.5, 0.6) is 0 Å². The summed E-state index contributed by atoms with van der Waals surface area (Å²) in [7, 11) is 3.91. The molecule has 1 fully saturated rings. The number of imidazole rings is 1. The van der Waals surface area contributed by atoms with E-state index in [4.69, 9.17) is 20.2 Å². The Morgan fingerprint density at radius 2 is 1.94 bits per heavy atom. The number of nitrogens with two attached hydrogens (primary N) is 1. The third-order valence-corrected chi connectivity index (χ3v) is 6.61. The van der Waals surface area contributed by atoms with Crippen LogP contribution in [0.15, 0.2) is 48.5 Å². The van der Waals surface area contributed by atoms with Gasteiger partial charge in [-0.1, -0.05) is 36.1 Å². The molecule has 186 valence electrons. The molecule has 6 nitrogen and oxygen atoms in total. The summed E-state index contributed by atoms with van der Waals surface area (Å²) in [5, 5.41) is 0. The van der Waals surface area contributed by atoms with Gasteiger partial charge in [-0.3, -0.25) is 0 Å². The number of hydrogen-bond donors (Lipinski definition) is 1. The van der Waals surface area contributed by atoms with Crippen LogP contribution < -0.4 is 5.73 Å². The van der Waals surface area contributed by atoms with Crippen molar-refractivity contribution in [3.8, 4) is 11.8 Å². The zero-order chi connectivity index (χ0) is 24.5. The number of aromatic nitrogens is 2. The largest absolute Gasteiger partial charge is 0.383 e. The first kappa shape index (κ1) is 25.4. The number of unbranched alkanes of at least 4 members (excludes halogenated alkanes) is 2. The van der Waals surface area contributed by atoms with Gasteiger partial charge in [0.05, 0.1) is 23.7 Å². The number of likely N-dealkylation sites (tertiary alicyclic amines) is 1. The van der Waals surface area contributed by atoms with E-state index in [9.17, 15) is 0 Å². The predicted molar refractivity (Wildman–Crippen MR) is 141 cm³/mol. The number of piperidine rings is 1. The molecule has 6 heteroatoms. The molecule has 1 atom stereocenters. The Morgan fingerprint density at radius 1 is 1.11 bits per heavy atom. The SMILES string of the molecule is COCCn1c(C(OC2CCN(C)CC2)c2cccc(C#CCCCCN)c2)nc2ccccc21. The molecule has 1 saturated heterocycles. The van der Waals surface area contributed by atoms with Crippen LogP contribution in [-0.2, 0) is 16.0 Å². The number of para-hydroxylation sites is 2. The fourth-order valence-corrected chi connectivity index (χ4v) is 4.62. The molecule has 2 heterocycles. The van der Waals surface area contributed by atoms with E-state index in [1.54, 1.807) is 7.11 Å². The van der Waals surface area contributed by atoms with E-state index in [-0.39, 0.29) is 12.2 Å². The average molecular weight is 475 g/mol. The summed E-state index contributed by atoms with van der Waals surface area (Å²) in [4.78, 5) is 7.44. The summed E-state index contributed by atoms with van der Waals surface area (Å²) in [6.45, 7) is 4.15. The van der Waals surface area contributed by atoms with Crippen molar-refractivity contribution in [3.05, 3.63) is 65.5 Å². The van der Waals surface area contributed by atoms with E-state index < -0.39 is 0 Å². The summed E-state index contributed by atoms with van der Waals surface area (Å²) in [5.41, 5.74) is 9.78. The first-order chi connectivity index (χ1) is 17.2. The lowest BCUT2D eigenvalue weighted by Gasteiger charge is -2.32. The first-order valence-corrected chi connectivity index (χ1v) is 12.8. The molecule has 0 saturated carbocycles. The second-order valence-corrected chi connectivity index (χ2v) is 9.29. The van der Waals surface area contributed by atoms with E-state index in [2.05, 4.69) is 70.8 Å². The molecule has 0 amide bonds. The van der Waals surface area contributed by atoms with Gasteiger partial charge in [0.15, 0.2) is 0 Å². The molecule has 0 spiro atoms. The third kappa shape index (κ3) is 6.71. The quantitative estimate of drug-likeness (QED) is 0.349. The Labute approximate surface area is 209 Å². The van der Waals surface area contributed by atoms with Crippen LogP contribution >= 0.6 is 0 Å². The van der Waals surface area contributed by atoms with Gasteiger partial charge in [0, 0.05) is 38.7 Å². The minimum absolute atomic E-state index is 0.192. The van der Waals surface area contributed by atoms with Crippen LogP contribution in [0.3, 0.4) is 0 Å². The van der Waals surface area contributed by atoms with Crippen molar-refractivity contribution < 1.29 is 9.47 Å². The van der Waals surface area contributed by atoms with Crippen molar-refractivity contribution in [1.29, 1.82) is 0 Å². The second-order valence-electron chi connectivity index (χ2n) is 9.29. The standard InChI is InChI=1S/C29H38N4O2/c1-32-18-15-25(16-19-32)35-28(24-12-9-11-23(22-24)10-5-3-4-8-17-30)29-31-26-13-6-7-14-27(26)33(29)20-21-34-2/h6-7,9,11-14,22,25,28H,3-4,8,15-21,30H2,1-2H3. The first-order valence-electron chi connectivity index (χ1n) is 12.8. The molecule has 1 aromatic heterocycles. The Bertz CT molecular complexity index is 1140. The molecule has 0 radical (unpaired) electrons. The topological polar surface area (TPSA) is 65.5 Å². The van der Waals surface area contributed by atoms with E-state index in [0.29, 0.717) is 6.61 Å². The fraction of sp³-hybridized carbons (Fsp3) is 0.483. The van der Waals surface area contributed by atoms with Gasteiger partial charge < -0.3 is 24.7 Å². The van der Waals surface area contributed by atoms with Gasteiger partial charge in [0.25, 0.3) is 0 Å². The number of rotatable bonds is 10. The fourth-order valence-electron chi connectivity index (χ4n) is 4.62. The molecule has 35 heavy (non-hydrogen) atoms. The van der Waals surface area contributed by atoms with Crippen LogP contribution in [0, 0.1) is 11.8 Å². The molecular weight excluding hydrogens is 436 g/mol. The second kappa shape index (κ2) is 12.9. The van der Waals surface area contributed by atoms with Crippen molar-refractivity contribution >= 4 is 11.0 Å². The minimum atomic E-state index is -0.272. The number of fused-ring (bicyclic) bond motifs is 1. The number of methoxy groups -OCH3 is 1. The van der Waals surface area contributed by atoms with Crippen LogP contribution in [0.2, 0.25) is 0 Å². The highest BCUT2D eigenvalue weighted by atomic mass is 16.5. The van der Waals surface area contributed by atoms with Gasteiger partial charge in [-0.15, -0.1) is 0 Å². The Balaban J connectivity index is 1.69. The summed E-state index contributed by atoms with van der Waals surface area (Å²) >= 11 is 0. The van der Waals surface area contributed by atoms with E-state index in [1.165, 1.54) is 0 Å². The molecule has 3 aromatic rings. The van der Waals surface area contributed by atoms with Crippen LogP contribution in [0.25, 0.3) is 11.0 Å². The summed E-state index contributed by atoms with van der Waals surface area (Å²) in [5.74, 6) is 7.56. The van der Waals surface area contributed by atoms with Gasteiger partial charge >= 0.3 is 0 Å². The highest BCUT2D eigenvalue weighted by molar-refractivity contribution is 5.76. The number of benzene rings is 2. The van der Waals surface area contributed by atoms with Gasteiger partial charge in [-0.05, 0) is 69.1 Å². The minimum Gasteiger partial charge on any atom is -0.383 e. The Kier molecular flexibility index (Phi) is 9.33. The lowest BCUT2D eigenvalue weighted by atomic mass is 10.0. The maximum atomic E-state index is 6.86. The molecular formula is C29H38N4O2. The molecule has 2 N–H and O–H groups in total. The number of hydrogen-bond acceptors (Lipinski definition) is 5. The normalized spacial score (nSPS) is 15.7. The van der Waals surface area contributed by atoms with Gasteiger partial charge in [-0.2, -0.15) is 0 Å². The molecule has 1 aliphatic heterocycles. The highest BCUT2D eigenvalue weighted by Crippen LogP contribution is 2.32. The molecule has 4 rings (SSSR count). The number of ether oxygens (including phenoxy) is 2. The van der Waals surface area contributed by atoms with Gasteiger partial charge in [0.2, 0.25) is 0 Å². The third-order valence-electron chi connectivity index (χ3n) is 6.61. The predicted octanol–water partition coefficient (Wildman–Crippen LogP) is 4.36. The van der Waals surface area contributed by atoms with Gasteiger partial charge in [0.1, 0.15) is 11.9 Å². The van der Waals surface area contributed by atoms with Crippen LogP contribution in [0.4, 0.5) is 0 Å². The van der Waals surface area contributed by atoms with E-state index >= 15 is 0 Å². The highest BCUT2D eigenvalue weighted by Gasteiger charge is 2.28. The van der Waals surface area contributed by atoms with Crippen molar-refractivity contribution in [2.24, 2.45) is 5.73 Å². The molecule has 2 aromatic carbocycles. The molecule has 0 bridgehead atoms. The smallest absolute Gasteiger partial charge is 0.143 e. The Hall–Kier alpha value is -2.69. The number of nitrogens with zero attached hydrogens (tertiary/aromatic N) is 3. The van der Waals surface area contributed by atoms with E-state index in [0.717, 1.165) is 86.3 Å². The maximum Gasteiger partial charge on any atom is 0.143 e. The molecule has 1 unspecified atom stereocenters. The lowest BCUT2D eigenvalue weighted by molar-refractivity contribution is -0.0281. The average Bonchev–Trinajstić information content (AvgIpc) is 3.25. The van der Waals surface area contributed by atoms with E-state index in [1.807, 2.05) is 6.07 Å². The van der Waals surface area contributed by atoms with Crippen molar-refractivity contribution in [3.63, 3.8) is 0 Å². The summed E-state index contributed by atoms with van der Waals surface area (Å²) in [6.07, 6.45) is 4.87. The molecule has 1 aliphatic rings. The lowest BCUT2D eigenvalue weighted by Crippen LogP contribution is -2.35. The maximum absolute atomic E-state index is 6.86. The van der Waals surface area contributed by atoms with Crippen molar-refractivity contribution in [1.82, 2.24) is 14.5 Å². The van der Waals surface area contributed by atoms with Crippen LogP contribution in [0.1, 0.15) is 55.2 Å².